The molecule has 0 spiro atoms. The number of hydrogen-bond acceptors (Lipinski definition) is 3. The average molecular weight is 305 g/mol. The molecule has 0 rings (SSSR count). The van der Waals surface area contributed by atoms with Gasteiger partial charge >= 0.3 is 17.9 Å². The topological polar surface area (TPSA) is 55.4 Å². The number of hydrogen-bond donors (Lipinski definition) is 1. The lowest BCUT2D eigenvalue weighted by atomic mass is 9.95. The smallest absolute Gasteiger partial charge is 0.391 e. The summed E-state index contributed by atoms with van der Waals surface area (Å²) in [6.07, 6.45) is 0. The van der Waals surface area contributed by atoms with Crippen molar-refractivity contribution in [3.05, 3.63) is 0 Å². The van der Waals surface area contributed by atoms with Crippen LogP contribution in [0.2, 0.25) is 0 Å². The van der Waals surface area contributed by atoms with Crippen molar-refractivity contribution < 1.29 is 36.3 Å². The predicted octanol–water partition coefficient (Wildman–Crippen LogP) is 2.14. The van der Waals surface area contributed by atoms with Gasteiger partial charge in [-0.1, -0.05) is 13.8 Å². The van der Waals surface area contributed by atoms with Gasteiger partial charge in [-0.15, -0.1) is 0 Å². The normalized spacial score (nSPS) is 14.1. The van der Waals surface area contributed by atoms with Gasteiger partial charge in [0.1, 0.15) is 5.92 Å². The van der Waals surface area contributed by atoms with E-state index in [1.807, 2.05) is 0 Å². The van der Waals surface area contributed by atoms with Gasteiger partial charge < -0.3 is 4.74 Å². The zero-order valence-electron chi connectivity index (χ0n) is 11.2. The second-order valence-corrected chi connectivity index (χ2v) is 4.38. The molecule has 0 aliphatic rings. The highest BCUT2D eigenvalue weighted by molar-refractivity contribution is 5.98. The van der Waals surface area contributed by atoms with Crippen molar-refractivity contribution in [2.45, 2.75) is 32.7 Å². The molecule has 0 radical (unpaired) electrons. The number of nitrogens with one attached hydrogen (secondary N) is 1. The maximum absolute atomic E-state index is 13.1. The van der Waals surface area contributed by atoms with E-state index in [1.54, 1.807) is 0 Å². The molecule has 1 atom stereocenters. The molecule has 1 amide bonds. The molecule has 0 aliphatic carbocycles. The molecule has 0 heterocycles. The number of esters is 1. The van der Waals surface area contributed by atoms with Crippen molar-refractivity contribution in [2.75, 3.05) is 13.3 Å². The first kappa shape index (κ1) is 18.6. The maximum atomic E-state index is 13.1. The number of halogens is 5. The molecule has 0 aromatic carbocycles. The standard InChI is InChI=1S/C11H16F5NO3/c1-4-20-9(19)7(6(2)3)8(18)17-11(15,16)10(13,14)5-12/h6-7H,4-5H2,1-3H3,(H,17,18). The van der Waals surface area contributed by atoms with Crippen LogP contribution in [0.5, 0.6) is 0 Å². The zero-order chi connectivity index (χ0) is 16.1. The van der Waals surface area contributed by atoms with Crippen LogP contribution in [-0.4, -0.2) is 37.1 Å². The van der Waals surface area contributed by atoms with Crippen LogP contribution in [0, 0.1) is 11.8 Å². The third-order valence-electron chi connectivity index (χ3n) is 2.40. The zero-order valence-corrected chi connectivity index (χ0v) is 11.2. The van der Waals surface area contributed by atoms with E-state index >= 15 is 0 Å². The summed E-state index contributed by atoms with van der Waals surface area (Å²) in [6, 6.07) is -5.10. The van der Waals surface area contributed by atoms with Crippen molar-refractivity contribution >= 4 is 11.9 Å². The Hall–Kier alpha value is -1.41. The highest BCUT2D eigenvalue weighted by atomic mass is 19.3. The fourth-order valence-electron chi connectivity index (χ4n) is 1.32. The van der Waals surface area contributed by atoms with Crippen LogP contribution in [0.3, 0.4) is 0 Å². The number of rotatable bonds is 7. The largest absolute Gasteiger partial charge is 0.465 e. The van der Waals surface area contributed by atoms with Gasteiger partial charge in [-0.25, -0.2) is 4.39 Å². The minimum Gasteiger partial charge on any atom is -0.465 e. The Kier molecular flexibility index (Phi) is 6.36. The Bertz CT molecular complexity index is 360. The van der Waals surface area contributed by atoms with Crippen LogP contribution >= 0.6 is 0 Å². The van der Waals surface area contributed by atoms with E-state index in [2.05, 4.69) is 4.74 Å². The molecule has 0 fully saturated rings. The third-order valence-corrected chi connectivity index (χ3v) is 2.40. The summed E-state index contributed by atoms with van der Waals surface area (Å²) in [7, 11) is 0. The second-order valence-electron chi connectivity index (χ2n) is 4.38. The van der Waals surface area contributed by atoms with Crippen LogP contribution < -0.4 is 5.32 Å². The minimum atomic E-state index is -5.10. The van der Waals surface area contributed by atoms with Gasteiger partial charge in [0.2, 0.25) is 5.91 Å². The van der Waals surface area contributed by atoms with Gasteiger partial charge in [-0.3, -0.25) is 14.9 Å². The van der Waals surface area contributed by atoms with E-state index in [9.17, 15) is 31.5 Å². The van der Waals surface area contributed by atoms with E-state index < -0.39 is 42.4 Å². The number of alkyl halides is 5. The molecule has 20 heavy (non-hydrogen) atoms. The van der Waals surface area contributed by atoms with Gasteiger partial charge in [0, 0.05) is 0 Å². The quantitative estimate of drug-likeness (QED) is 0.339. The lowest BCUT2D eigenvalue weighted by Crippen LogP contribution is -2.57. The molecular formula is C11H16F5NO3. The van der Waals surface area contributed by atoms with Gasteiger partial charge in [-0.05, 0) is 12.8 Å². The second kappa shape index (κ2) is 6.85. The number of carbonyl (C=O) groups excluding carboxylic acids is 2. The first-order valence-electron chi connectivity index (χ1n) is 5.80. The van der Waals surface area contributed by atoms with E-state index in [0.717, 1.165) is 0 Å². The van der Waals surface area contributed by atoms with Gasteiger partial charge in [0.25, 0.3) is 0 Å². The fourth-order valence-corrected chi connectivity index (χ4v) is 1.32. The molecule has 4 nitrogen and oxygen atoms in total. The Labute approximate surface area is 112 Å². The summed E-state index contributed by atoms with van der Waals surface area (Å²) in [5.41, 5.74) is 0. The summed E-state index contributed by atoms with van der Waals surface area (Å²) in [5.74, 6) is -10.3. The molecule has 0 aromatic heterocycles. The van der Waals surface area contributed by atoms with Crippen LogP contribution in [0.4, 0.5) is 22.0 Å². The molecule has 0 bridgehead atoms. The Morgan fingerprint density at radius 1 is 1.20 bits per heavy atom. The van der Waals surface area contributed by atoms with Crippen molar-refractivity contribution in [1.29, 1.82) is 0 Å². The van der Waals surface area contributed by atoms with Crippen LogP contribution in [0.15, 0.2) is 0 Å². The molecule has 1 N–H and O–H groups in total. The third kappa shape index (κ3) is 4.31. The molecule has 118 valence electrons. The lowest BCUT2D eigenvalue weighted by molar-refractivity contribution is -0.232. The van der Waals surface area contributed by atoms with Gasteiger partial charge in [0.05, 0.1) is 6.61 Å². The summed E-state index contributed by atoms with van der Waals surface area (Å²) < 4.78 is 67.8. The Morgan fingerprint density at radius 2 is 1.70 bits per heavy atom. The Balaban J connectivity index is 5.08. The SMILES string of the molecule is CCOC(=O)C(C(=O)NC(F)(F)C(F)(F)CF)C(C)C. The minimum absolute atomic E-state index is 0.105. The summed E-state index contributed by atoms with van der Waals surface area (Å²) in [6.45, 7) is 1.39. The molecule has 1 unspecified atom stereocenters. The van der Waals surface area contributed by atoms with Crippen LogP contribution in [0.1, 0.15) is 20.8 Å². The summed E-state index contributed by atoms with van der Waals surface area (Å²) in [4.78, 5) is 23.0. The first-order valence-corrected chi connectivity index (χ1v) is 5.80. The van der Waals surface area contributed by atoms with Gasteiger partial charge in [-0.2, -0.15) is 17.6 Å². The fraction of sp³-hybridized carbons (Fsp3) is 0.818. The van der Waals surface area contributed by atoms with Crippen molar-refractivity contribution in [3.8, 4) is 0 Å². The highest BCUT2D eigenvalue weighted by Crippen LogP contribution is 2.32. The van der Waals surface area contributed by atoms with E-state index in [1.165, 1.54) is 20.8 Å². The van der Waals surface area contributed by atoms with Gasteiger partial charge in [0.15, 0.2) is 6.67 Å². The molecule has 0 saturated carbocycles. The average Bonchev–Trinajstić information content (AvgIpc) is 2.27. The number of carbonyl (C=O) groups is 2. The van der Waals surface area contributed by atoms with Crippen molar-refractivity contribution in [2.24, 2.45) is 11.8 Å². The lowest BCUT2D eigenvalue weighted by Gasteiger charge is -2.27. The van der Waals surface area contributed by atoms with Crippen LogP contribution in [-0.2, 0) is 14.3 Å². The molecule has 0 saturated heterocycles. The highest BCUT2D eigenvalue weighted by Gasteiger charge is 2.58. The first-order chi connectivity index (χ1) is 9.00. The van der Waals surface area contributed by atoms with Crippen molar-refractivity contribution in [3.63, 3.8) is 0 Å². The molecule has 9 heteroatoms. The van der Waals surface area contributed by atoms with Crippen molar-refractivity contribution in [1.82, 2.24) is 5.32 Å². The molecular weight excluding hydrogens is 289 g/mol. The Morgan fingerprint density at radius 3 is 2.05 bits per heavy atom. The monoisotopic (exact) mass is 305 g/mol. The molecule has 0 aliphatic heterocycles. The predicted molar refractivity (Wildman–Crippen MR) is 59.0 cm³/mol. The van der Waals surface area contributed by atoms with E-state index in [0.29, 0.717) is 5.32 Å². The number of ether oxygens (including phenoxy) is 1. The molecule has 0 aromatic rings. The summed E-state index contributed by atoms with van der Waals surface area (Å²) >= 11 is 0. The maximum Gasteiger partial charge on any atom is 0.391 e. The summed E-state index contributed by atoms with van der Waals surface area (Å²) in [5, 5.41) is 0.705. The van der Waals surface area contributed by atoms with Crippen LogP contribution in [0.25, 0.3) is 0 Å². The van der Waals surface area contributed by atoms with E-state index in [4.69, 9.17) is 0 Å². The number of amides is 1. The van der Waals surface area contributed by atoms with E-state index in [-0.39, 0.29) is 6.61 Å².